The van der Waals surface area contributed by atoms with Crippen molar-refractivity contribution in [3.8, 4) is 11.5 Å². The molecule has 9 nitrogen and oxygen atoms in total. The normalized spacial score (nSPS) is 10.0. The maximum Gasteiger partial charge on any atom is 0.339 e. The molecule has 0 radical (unpaired) electrons. The number of nitro benzene ring substituents is 1. The van der Waals surface area contributed by atoms with E-state index in [1.165, 1.54) is 38.5 Å². The van der Waals surface area contributed by atoms with Crippen molar-refractivity contribution >= 4 is 39.2 Å². The van der Waals surface area contributed by atoms with Crippen LogP contribution in [0.15, 0.2) is 40.9 Å². The van der Waals surface area contributed by atoms with Gasteiger partial charge in [-0.05, 0) is 46.3 Å². The van der Waals surface area contributed by atoms with Gasteiger partial charge in [0.25, 0.3) is 11.6 Å². The minimum absolute atomic E-state index is 0.0376. The first-order valence-electron chi connectivity index (χ1n) is 7.48. The van der Waals surface area contributed by atoms with Gasteiger partial charge in [0.2, 0.25) is 0 Å². The molecule has 2 aromatic carbocycles. The fourth-order valence-electron chi connectivity index (χ4n) is 2.08. The number of nitro groups is 1. The average molecular weight is 439 g/mol. The van der Waals surface area contributed by atoms with Crippen molar-refractivity contribution in [3.63, 3.8) is 0 Å². The number of nitrogens with one attached hydrogen (secondary N) is 1. The van der Waals surface area contributed by atoms with Crippen LogP contribution in [0.25, 0.3) is 0 Å². The summed E-state index contributed by atoms with van der Waals surface area (Å²) in [4.78, 5) is 34.6. The van der Waals surface area contributed by atoms with E-state index in [1.54, 1.807) is 12.1 Å². The summed E-state index contributed by atoms with van der Waals surface area (Å²) in [5.41, 5.74) is -0.202. The van der Waals surface area contributed by atoms with Gasteiger partial charge in [-0.25, -0.2) is 4.79 Å². The number of halogens is 1. The van der Waals surface area contributed by atoms with Gasteiger partial charge in [-0.3, -0.25) is 14.9 Å². The Morgan fingerprint density at radius 1 is 1.11 bits per heavy atom. The van der Waals surface area contributed by atoms with Gasteiger partial charge in [0.05, 0.1) is 30.8 Å². The molecule has 142 valence electrons. The molecule has 0 aromatic heterocycles. The molecule has 27 heavy (non-hydrogen) atoms. The average Bonchev–Trinajstić information content (AvgIpc) is 2.66. The van der Waals surface area contributed by atoms with Crippen LogP contribution in [0.3, 0.4) is 0 Å². The van der Waals surface area contributed by atoms with Gasteiger partial charge in [0.1, 0.15) is 17.2 Å². The number of hydrogen-bond donors (Lipinski definition) is 1. The van der Waals surface area contributed by atoms with Crippen molar-refractivity contribution in [2.24, 2.45) is 0 Å². The molecule has 0 bridgehead atoms. The van der Waals surface area contributed by atoms with Gasteiger partial charge >= 0.3 is 5.97 Å². The number of rotatable bonds is 7. The molecule has 1 amide bonds. The summed E-state index contributed by atoms with van der Waals surface area (Å²) in [7, 11) is 2.82. The Labute approximate surface area is 162 Å². The molecule has 0 saturated heterocycles. The van der Waals surface area contributed by atoms with Gasteiger partial charge in [0, 0.05) is 4.47 Å². The number of methoxy groups -OCH3 is 2. The van der Waals surface area contributed by atoms with E-state index in [9.17, 15) is 19.7 Å². The van der Waals surface area contributed by atoms with Crippen molar-refractivity contribution in [2.75, 3.05) is 26.1 Å². The highest BCUT2D eigenvalue weighted by Gasteiger charge is 2.19. The number of carbonyl (C=O) groups excluding carboxylic acids is 2. The number of carbonyl (C=O) groups is 2. The molecule has 0 spiro atoms. The predicted octanol–water partition coefficient (Wildman–Crippen LogP) is 3.17. The van der Waals surface area contributed by atoms with Crippen molar-refractivity contribution in [1.29, 1.82) is 0 Å². The third-order valence-corrected chi connectivity index (χ3v) is 4.09. The number of amides is 1. The molecular weight excluding hydrogens is 424 g/mol. The number of ether oxygens (including phenoxy) is 3. The highest BCUT2D eigenvalue weighted by Crippen LogP contribution is 2.29. The highest BCUT2D eigenvalue weighted by atomic mass is 79.9. The van der Waals surface area contributed by atoms with Gasteiger partial charge < -0.3 is 19.5 Å². The van der Waals surface area contributed by atoms with Crippen LogP contribution in [0.1, 0.15) is 10.4 Å². The van der Waals surface area contributed by atoms with Crippen molar-refractivity contribution < 1.29 is 28.7 Å². The third kappa shape index (κ3) is 5.17. The summed E-state index contributed by atoms with van der Waals surface area (Å²) < 4.78 is 15.4. The second-order valence-electron chi connectivity index (χ2n) is 5.11. The van der Waals surface area contributed by atoms with E-state index in [0.717, 1.165) is 0 Å². The molecule has 0 heterocycles. The monoisotopic (exact) mass is 438 g/mol. The Morgan fingerprint density at radius 2 is 1.74 bits per heavy atom. The molecule has 2 aromatic rings. The molecule has 1 N–H and O–H groups in total. The van der Waals surface area contributed by atoms with Crippen LogP contribution < -0.4 is 14.8 Å². The lowest BCUT2D eigenvalue weighted by molar-refractivity contribution is -0.384. The smallest absolute Gasteiger partial charge is 0.339 e. The van der Waals surface area contributed by atoms with E-state index in [0.29, 0.717) is 10.2 Å². The van der Waals surface area contributed by atoms with E-state index in [4.69, 9.17) is 14.2 Å². The van der Waals surface area contributed by atoms with Gasteiger partial charge in [-0.15, -0.1) is 0 Å². The Hall–Kier alpha value is -3.14. The van der Waals surface area contributed by atoms with Crippen molar-refractivity contribution in [1.82, 2.24) is 0 Å². The maximum absolute atomic E-state index is 12.1. The summed E-state index contributed by atoms with van der Waals surface area (Å²) in [6.07, 6.45) is 0. The van der Waals surface area contributed by atoms with Gasteiger partial charge in [-0.1, -0.05) is 0 Å². The molecule has 0 atom stereocenters. The van der Waals surface area contributed by atoms with Gasteiger partial charge in [0.15, 0.2) is 6.61 Å². The topological polar surface area (TPSA) is 117 Å². The zero-order valence-corrected chi connectivity index (χ0v) is 15.9. The number of anilines is 1. The lowest BCUT2D eigenvalue weighted by Crippen LogP contribution is -2.21. The second kappa shape index (κ2) is 8.99. The number of esters is 1. The minimum Gasteiger partial charge on any atom is -0.497 e. The largest absolute Gasteiger partial charge is 0.497 e. The summed E-state index contributed by atoms with van der Waals surface area (Å²) in [6, 6.07) is 8.68. The summed E-state index contributed by atoms with van der Waals surface area (Å²) in [5, 5.41) is 13.5. The molecule has 0 aliphatic rings. The second-order valence-corrected chi connectivity index (χ2v) is 5.96. The van der Waals surface area contributed by atoms with Crippen LogP contribution in [0.2, 0.25) is 0 Å². The highest BCUT2D eigenvalue weighted by molar-refractivity contribution is 9.10. The first kappa shape index (κ1) is 20.2. The predicted molar refractivity (Wildman–Crippen MR) is 99.3 cm³/mol. The molecule has 0 aliphatic carbocycles. The molecule has 0 saturated carbocycles. The zero-order valence-electron chi connectivity index (χ0n) is 14.4. The lowest BCUT2D eigenvalue weighted by Gasteiger charge is -2.09. The minimum atomic E-state index is -0.750. The van der Waals surface area contributed by atoms with E-state index >= 15 is 0 Å². The molecule has 10 heteroatoms. The Morgan fingerprint density at radius 3 is 2.37 bits per heavy atom. The Balaban J connectivity index is 2.05. The van der Waals surface area contributed by atoms with E-state index in [2.05, 4.69) is 21.2 Å². The van der Waals surface area contributed by atoms with Crippen molar-refractivity contribution in [2.45, 2.75) is 0 Å². The van der Waals surface area contributed by atoms with Crippen LogP contribution in [-0.2, 0) is 9.53 Å². The fourth-order valence-corrected chi connectivity index (χ4v) is 2.49. The zero-order chi connectivity index (χ0) is 20.0. The van der Waals surface area contributed by atoms with Crippen LogP contribution in [0.5, 0.6) is 11.5 Å². The van der Waals surface area contributed by atoms with Crippen LogP contribution in [-0.4, -0.2) is 37.6 Å². The number of nitrogens with zero attached hydrogens (tertiary/aromatic N) is 1. The SMILES string of the molecule is COc1ccc(Br)c(C(=O)OCC(=O)Nc2ccc(OC)cc2[N+](=O)[O-])c1. The first-order valence-corrected chi connectivity index (χ1v) is 8.28. The van der Waals surface area contributed by atoms with E-state index in [1.807, 2.05) is 0 Å². The van der Waals surface area contributed by atoms with Crippen LogP contribution in [0.4, 0.5) is 11.4 Å². The number of benzene rings is 2. The molecular formula is C17H15BrN2O7. The maximum atomic E-state index is 12.1. The Bertz CT molecular complexity index is 886. The number of hydrogen-bond acceptors (Lipinski definition) is 7. The molecule has 2 rings (SSSR count). The Kier molecular flexibility index (Phi) is 6.72. The van der Waals surface area contributed by atoms with Crippen LogP contribution >= 0.6 is 15.9 Å². The quantitative estimate of drug-likeness (QED) is 0.400. The molecule has 0 unspecified atom stereocenters. The summed E-state index contributed by atoms with van der Waals surface area (Å²) in [5.74, 6) is -0.756. The van der Waals surface area contributed by atoms with E-state index in [-0.39, 0.29) is 22.7 Å². The third-order valence-electron chi connectivity index (χ3n) is 3.40. The van der Waals surface area contributed by atoms with Crippen molar-refractivity contribution in [3.05, 3.63) is 56.5 Å². The van der Waals surface area contributed by atoms with E-state index < -0.39 is 23.4 Å². The first-order chi connectivity index (χ1) is 12.8. The van der Waals surface area contributed by atoms with Gasteiger partial charge in [-0.2, -0.15) is 0 Å². The van der Waals surface area contributed by atoms with Crippen LogP contribution in [0, 0.1) is 10.1 Å². The lowest BCUT2D eigenvalue weighted by atomic mass is 10.2. The fraction of sp³-hybridized carbons (Fsp3) is 0.176. The summed E-state index contributed by atoms with van der Waals surface area (Å²) in [6.45, 7) is -0.619. The molecule has 0 aliphatic heterocycles. The molecule has 0 fully saturated rings. The summed E-state index contributed by atoms with van der Waals surface area (Å²) >= 11 is 3.22. The standard InChI is InChI=1S/C17H15BrN2O7/c1-25-10-3-5-13(18)12(7-10)17(22)27-9-16(21)19-14-6-4-11(26-2)8-15(14)20(23)24/h3-8H,9H2,1-2H3,(H,19,21).